The zero-order valence-corrected chi connectivity index (χ0v) is 16.8. The average molecular weight is 417 g/mol. The summed E-state index contributed by atoms with van der Waals surface area (Å²) < 4.78 is 14.5. The highest BCUT2D eigenvalue weighted by atomic mass is 35.5. The van der Waals surface area contributed by atoms with Crippen LogP contribution in [0.25, 0.3) is 0 Å². The third kappa shape index (κ3) is 3.47. The maximum atomic E-state index is 14.5. The summed E-state index contributed by atoms with van der Waals surface area (Å²) in [5, 5.41) is -0.00498. The highest BCUT2D eigenvalue weighted by Crippen LogP contribution is 2.33. The predicted molar refractivity (Wildman–Crippen MR) is 110 cm³/mol. The monoisotopic (exact) mass is 416 g/mol. The fourth-order valence-corrected chi connectivity index (χ4v) is 3.91. The van der Waals surface area contributed by atoms with Gasteiger partial charge in [0.05, 0.1) is 23.0 Å². The van der Waals surface area contributed by atoms with Gasteiger partial charge >= 0.3 is 0 Å². The molecule has 7 nitrogen and oxygen atoms in total. The Morgan fingerprint density at radius 3 is 2.69 bits per heavy atom. The molecule has 1 amide bonds. The number of rotatable bonds is 4. The lowest BCUT2D eigenvalue weighted by Gasteiger charge is -2.39. The summed E-state index contributed by atoms with van der Waals surface area (Å²) in [5.74, 6) is -0.803. The van der Waals surface area contributed by atoms with E-state index in [-0.39, 0.29) is 28.2 Å². The van der Waals surface area contributed by atoms with E-state index in [1.165, 1.54) is 6.07 Å². The molecule has 0 bridgehead atoms. The van der Waals surface area contributed by atoms with Gasteiger partial charge in [-0.2, -0.15) is 0 Å². The van der Waals surface area contributed by atoms with Crippen LogP contribution in [0, 0.1) is 11.2 Å². The van der Waals surface area contributed by atoms with E-state index in [0.29, 0.717) is 42.6 Å². The summed E-state index contributed by atoms with van der Waals surface area (Å²) in [6, 6.07) is 4.68. The lowest BCUT2D eigenvalue weighted by molar-refractivity contribution is 0.0995. The van der Waals surface area contributed by atoms with Crippen molar-refractivity contribution in [2.24, 2.45) is 21.9 Å². The van der Waals surface area contributed by atoms with Crippen molar-refractivity contribution in [2.45, 2.75) is 26.3 Å². The van der Waals surface area contributed by atoms with Crippen LogP contribution in [0.4, 0.5) is 10.2 Å². The van der Waals surface area contributed by atoms with E-state index in [1.54, 1.807) is 12.1 Å². The van der Waals surface area contributed by atoms with Gasteiger partial charge in [0.2, 0.25) is 0 Å². The summed E-state index contributed by atoms with van der Waals surface area (Å²) >= 11 is 5.91. The van der Waals surface area contributed by atoms with Gasteiger partial charge < -0.3 is 16.4 Å². The summed E-state index contributed by atoms with van der Waals surface area (Å²) in [5.41, 5.74) is 13.2. The number of benzene rings is 1. The van der Waals surface area contributed by atoms with Crippen LogP contribution < -0.4 is 16.4 Å². The second-order valence-electron chi connectivity index (χ2n) is 7.82. The smallest absolute Gasteiger partial charge is 0.271 e. The van der Waals surface area contributed by atoms with E-state index in [9.17, 15) is 9.18 Å². The van der Waals surface area contributed by atoms with E-state index < -0.39 is 11.7 Å². The lowest BCUT2D eigenvalue weighted by Crippen LogP contribution is -2.43. The number of primary amides is 1. The minimum Gasteiger partial charge on any atom is -0.364 e. The molecule has 1 saturated heterocycles. The molecule has 0 unspecified atom stereocenters. The third-order valence-electron chi connectivity index (χ3n) is 5.76. The molecule has 0 saturated carbocycles. The number of hydrogen-bond acceptors (Lipinski definition) is 6. The van der Waals surface area contributed by atoms with Crippen molar-refractivity contribution >= 4 is 29.0 Å². The molecule has 1 fully saturated rings. The van der Waals surface area contributed by atoms with Crippen LogP contribution in [0.1, 0.15) is 47.2 Å². The second-order valence-corrected chi connectivity index (χ2v) is 8.23. The number of fused-ring (bicyclic) bond motifs is 1. The van der Waals surface area contributed by atoms with E-state index in [4.69, 9.17) is 23.1 Å². The number of aliphatic imine (C=N–C) groups is 1. The lowest BCUT2D eigenvalue weighted by atomic mass is 9.80. The van der Waals surface area contributed by atoms with E-state index in [1.807, 2.05) is 4.90 Å². The van der Waals surface area contributed by atoms with Crippen molar-refractivity contribution in [2.75, 3.05) is 24.5 Å². The number of nitrogens with zero attached hydrogens (tertiary/aromatic N) is 4. The number of hydrogen-bond donors (Lipinski definition) is 2. The Kier molecular flexibility index (Phi) is 5.00. The van der Waals surface area contributed by atoms with Gasteiger partial charge in [0, 0.05) is 18.7 Å². The molecule has 4 rings (SSSR count). The zero-order valence-electron chi connectivity index (χ0n) is 16.1. The van der Waals surface area contributed by atoms with Gasteiger partial charge in [-0.1, -0.05) is 24.6 Å². The van der Waals surface area contributed by atoms with Crippen molar-refractivity contribution in [1.82, 2.24) is 9.97 Å². The highest BCUT2D eigenvalue weighted by molar-refractivity contribution is 6.31. The van der Waals surface area contributed by atoms with Gasteiger partial charge in [-0.05, 0) is 36.9 Å². The standard InChI is InChI=1S/C20H22ClFN6O/c1-20(10-23)5-7-28(8-6-20)19-17(18(24)29)27-16-13(26-19)9-25-15(16)11-3-2-4-12(21)14(11)22/h2-4H,5-10,23H2,1H3,(H2,24,29). The van der Waals surface area contributed by atoms with Crippen LogP contribution in [0.3, 0.4) is 0 Å². The number of anilines is 1. The fraction of sp³-hybridized carbons (Fsp3) is 0.400. The Morgan fingerprint density at radius 1 is 1.31 bits per heavy atom. The molecule has 9 heteroatoms. The molecule has 0 aliphatic carbocycles. The molecule has 2 aliphatic heterocycles. The van der Waals surface area contributed by atoms with Crippen molar-refractivity contribution in [1.29, 1.82) is 0 Å². The Balaban J connectivity index is 1.72. The Labute approximate surface area is 173 Å². The summed E-state index contributed by atoms with van der Waals surface area (Å²) in [6.45, 7) is 4.44. The summed E-state index contributed by atoms with van der Waals surface area (Å²) in [7, 11) is 0. The summed E-state index contributed by atoms with van der Waals surface area (Å²) in [4.78, 5) is 27.7. The van der Waals surface area contributed by atoms with Crippen molar-refractivity contribution < 1.29 is 9.18 Å². The maximum Gasteiger partial charge on any atom is 0.271 e. The third-order valence-corrected chi connectivity index (χ3v) is 6.06. The maximum absolute atomic E-state index is 14.5. The fourth-order valence-electron chi connectivity index (χ4n) is 3.74. The minimum absolute atomic E-state index is 0.00498. The molecule has 3 heterocycles. The quantitative estimate of drug-likeness (QED) is 0.794. The molecular weight excluding hydrogens is 395 g/mol. The molecule has 2 aliphatic rings. The molecule has 0 atom stereocenters. The van der Waals surface area contributed by atoms with Crippen molar-refractivity contribution in [3.8, 4) is 0 Å². The number of amides is 1. The first-order chi connectivity index (χ1) is 13.8. The topological polar surface area (TPSA) is 110 Å². The van der Waals surface area contributed by atoms with Gasteiger partial charge in [0.1, 0.15) is 5.69 Å². The SMILES string of the molecule is CC1(CN)CCN(c2nc3c(nc2C(N)=O)C(c2cccc(Cl)c2F)=NC3)CC1. The molecular formula is C20H22ClFN6O. The molecule has 152 valence electrons. The number of halogens is 2. The molecule has 29 heavy (non-hydrogen) atoms. The molecule has 0 spiro atoms. The van der Waals surface area contributed by atoms with Crippen LogP contribution in [0.15, 0.2) is 23.2 Å². The normalized spacial score (nSPS) is 17.8. The minimum atomic E-state index is -0.680. The van der Waals surface area contributed by atoms with Crippen molar-refractivity contribution in [3.63, 3.8) is 0 Å². The van der Waals surface area contributed by atoms with Gasteiger partial charge in [-0.3, -0.25) is 9.79 Å². The van der Waals surface area contributed by atoms with Crippen LogP contribution in [-0.4, -0.2) is 41.2 Å². The van der Waals surface area contributed by atoms with Crippen LogP contribution >= 0.6 is 11.6 Å². The number of piperidine rings is 1. The first-order valence-corrected chi connectivity index (χ1v) is 9.86. The molecule has 0 radical (unpaired) electrons. The Hall–Kier alpha value is -2.58. The van der Waals surface area contributed by atoms with E-state index in [2.05, 4.69) is 21.9 Å². The van der Waals surface area contributed by atoms with Gasteiger partial charge in [-0.25, -0.2) is 14.4 Å². The highest BCUT2D eigenvalue weighted by Gasteiger charge is 2.33. The van der Waals surface area contributed by atoms with Crippen LogP contribution in [0.2, 0.25) is 5.02 Å². The largest absolute Gasteiger partial charge is 0.364 e. The van der Waals surface area contributed by atoms with E-state index in [0.717, 1.165) is 12.8 Å². The molecule has 1 aromatic heterocycles. The van der Waals surface area contributed by atoms with Crippen LogP contribution in [0.5, 0.6) is 0 Å². The van der Waals surface area contributed by atoms with Gasteiger partial charge in [0.25, 0.3) is 5.91 Å². The number of nitrogens with two attached hydrogens (primary N) is 2. The van der Waals surface area contributed by atoms with Gasteiger partial charge in [-0.15, -0.1) is 0 Å². The Morgan fingerprint density at radius 2 is 2.03 bits per heavy atom. The predicted octanol–water partition coefficient (Wildman–Crippen LogP) is 2.28. The zero-order chi connectivity index (χ0) is 20.8. The molecule has 2 aromatic rings. The van der Waals surface area contributed by atoms with Crippen molar-refractivity contribution in [3.05, 3.63) is 51.7 Å². The second kappa shape index (κ2) is 7.35. The molecule has 4 N–H and O–H groups in total. The van der Waals surface area contributed by atoms with E-state index >= 15 is 0 Å². The molecule has 1 aromatic carbocycles. The van der Waals surface area contributed by atoms with Crippen LogP contribution in [-0.2, 0) is 6.54 Å². The average Bonchev–Trinajstić information content (AvgIpc) is 3.12. The first kappa shape index (κ1) is 19.7. The number of carbonyl (C=O) groups excluding carboxylic acids is 1. The van der Waals surface area contributed by atoms with Gasteiger partial charge in [0.15, 0.2) is 17.3 Å². The number of carbonyl (C=O) groups is 1. The summed E-state index contributed by atoms with van der Waals surface area (Å²) in [6.07, 6.45) is 1.77. The first-order valence-electron chi connectivity index (χ1n) is 9.48. The Bertz CT molecular complexity index is 1020. The number of aromatic nitrogens is 2.